The number of nitrogens with zero attached hydrogens (tertiary/aromatic N) is 2. The van der Waals surface area contributed by atoms with Gasteiger partial charge in [-0.25, -0.2) is 4.98 Å². The van der Waals surface area contributed by atoms with Gasteiger partial charge >= 0.3 is 0 Å². The Morgan fingerprint density at radius 3 is 2.88 bits per heavy atom. The molecule has 2 aromatic rings. The number of hydrogen-bond donors (Lipinski definition) is 0. The summed E-state index contributed by atoms with van der Waals surface area (Å²) in [7, 11) is 0. The molecule has 0 atom stereocenters. The van der Waals surface area contributed by atoms with Crippen molar-refractivity contribution in [3.05, 3.63) is 54.1 Å². The average Bonchev–Trinajstić information content (AvgIpc) is 2.83. The molecule has 80 valence electrons. The minimum absolute atomic E-state index is 0.687. The lowest BCUT2D eigenvalue weighted by atomic mass is 10.1. The molecule has 0 aliphatic heterocycles. The quantitative estimate of drug-likeness (QED) is 0.733. The van der Waals surface area contributed by atoms with Crippen molar-refractivity contribution in [3.8, 4) is 0 Å². The van der Waals surface area contributed by atoms with Gasteiger partial charge in [-0.05, 0) is 24.6 Å². The van der Waals surface area contributed by atoms with Gasteiger partial charge in [-0.2, -0.15) is 0 Å². The maximum Gasteiger partial charge on any atom is 0.150 e. The highest BCUT2D eigenvalue weighted by Gasteiger charge is 1.95. The first kappa shape index (κ1) is 10.4. The van der Waals surface area contributed by atoms with Crippen LogP contribution in [0.1, 0.15) is 22.8 Å². The van der Waals surface area contributed by atoms with Crippen LogP contribution in [0, 0.1) is 0 Å². The Balaban J connectivity index is 2.32. The van der Waals surface area contributed by atoms with Crippen molar-refractivity contribution in [1.82, 2.24) is 9.55 Å². The second-order valence-electron chi connectivity index (χ2n) is 3.54. The van der Waals surface area contributed by atoms with Crippen molar-refractivity contribution in [3.63, 3.8) is 0 Å². The molecule has 3 nitrogen and oxygen atoms in total. The number of carbonyl (C=O) groups is 1. The van der Waals surface area contributed by atoms with Crippen LogP contribution >= 0.6 is 0 Å². The molecule has 0 fully saturated rings. The van der Waals surface area contributed by atoms with E-state index in [9.17, 15) is 4.79 Å². The summed E-state index contributed by atoms with van der Waals surface area (Å²) in [6.07, 6.45) is 8.22. The average molecular weight is 212 g/mol. The van der Waals surface area contributed by atoms with E-state index in [4.69, 9.17) is 0 Å². The minimum atomic E-state index is 0.687. The molecular formula is C13H12N2O. The van der Waals surface area contributed by atoms with Crippen LogP contribution in [-0.4, -0.2) is 15.8 Å². The molecule has 0 N–H and O–H groups in total. The second kappa shape index (κ2) is 4.57. The first-order chi connectivity index (χ1) is 7.79. The number of aromatic nitrogens is 2. The van der Waals surface area contributed by atoms with Crippen LogP contribution in [0.3, 0.4) is 0 Å². The van der Waals surface area contributed by atoms with Crippen molar-refractivity contribution in [1.29, 1.82) is 0 Å². The molecular weight excluding hydrogens is 200 g/mol. The normalized spacial score (nSPS) is 11.4. The van der Waals surface area contributed by atoms with Crippen molar-refractivity contribution in [2.75, 3.05) is 0 Å². The Kier molecular flexibility index (Phi) is 2.96. The predicted molar refractivity (Wildman–Crippen MR) is 63.9 cm³/mol. The van der Waals surface area contributed by atoms with E-state index in [-0.39, 0.29) is 0 Å². The molecule has 1 aromatic heterocycles. The van der Waals surface area contributed by atoms with Crippen LogP contribution < -0.4 is 0 Å². The zero-order chi connectivity index (χ0) is 11.4. The van der Waals surface area contributed by atoms with Gasteiger partial charge in [0.25, 0.3) is 0 Å². The van der Waals surface area contributed by atoms with Crippen molar-refractivity contribution < 1.29 is 4.79 Å². The third kappa shape index (κ3) is 2.25. The van der Waals surface area contributed by atoms with E-state index in [0.717, 1.165) is 17.5 Å². The number of benzene rings is 1. The SMILES string of the molecule is C/C(=C/c1cccc(C=O)c1)n1ccnc1. The molecule has 0 bridgehead atoms. The van der Waals surface area contributed by atoms with Gasteiger partial charge < -0.3 is 4.57 Å². The fourth-order valence-corrected chi connectivity index (χ4v) is 1.51. The molecule has 0 unspecified atom stereocenters. The monoisotopic (exact) mass is 212 g/mol. The molecule has 16 heavy (non-hydrogen) atoms. The lowest BCUT2D eigenvalue weighted by Crippen LogP contribution is -1.89. The minimum Gasteiger partial charge on any atom is -0.310 e. The number of allylic oxidation sites excluding steroid dienone is 1. The van der Waals surface area contributed by atoms with Gasteiger partial charge in [0.2, 0.25) is 0 Å². The van der Waals surface area contributed by atoms with E-state index >= 15 is 0 Å². The van der Waals surface area contributed by atoms with Crippen LogP contribution in [0.15, 0.2) is 43.0 Å². The van der Waals surface area contributed by atoms with Crippen LogP contribution in [0.2, 0.25) is 0 Å². The molecule has 0 aliphatic rings. The smallest absolute Gasteiger partial charge is 0.150 e. The molecule has 0 aliphatic carbocycles. The molecule has 0 radical (unpaired) electrons. The van der Waals surface area contributed by atoms with E-state index < -0.39 is 0 Å². The Morgan fingerprint density at radius 2 is 2.19 bits per heavy atom. The van der Waals surface area contributed by atoms with Gasteiger partial charge in [0, 0.05) is 23.7 Å². The van der Waals surface area contributed by atoms with Crippen molar-refractivity contribution >= 4 is 18.1 Å². The summed E-state index contributed by atoms with van der Waals surface area (Å²) in [5, 5.41) is 0. The lowest BCUT2D eigenvalue weighted by Gasteiger charge is -2.02. The Morgan fingerprint density at radius 1 is 1.38 bits per heavy atom. The lowest BCUT2D eigenvalue weighted by molar-refractivity contribution is 0.112. The van der Waals surface area contributed by atoms with Gasteiger partial charge in [-0.3, -0.25) is 4.79 Å². The van der Waals surface area contributed by atoms with Crippen LogP contribution in [-0.2, 0) is 0 Å². The fraction of sp³-hybridized carbons (Fsp3) is 0.0769. The standard InChI is InChI=1S/C13H12N2O/c1-11(15-6-5-14-10-15)7-12-3-2-4-13(8-12)9-16/h2-10H,1H3/b11-7-. The zero-order valence-electron chi connectivity index (χ0n) is 9.00. The summed E-state index contributed by atoms with van der Waals surface area (Å²) in [4.78, 5) is 14.6. The first-order valence-corrected chi connectivity index (χ1v) is 5.01. The van der Waals surface area contributed by atoms with Crippen LogP contribution in [0.5, 0.6) is 0 Å². The summed E-state index contributed by atoms with van der Waals surface area (Å²) in [5.41, 5.74) is 2.75. The van der Waals surface area contributed by atoms with E-state index in [1.807, 2.05) is 42.0 Å². The Labute approximate surface area is 94.1 Å². The first-order valence-electron chi connectivity index (χ1n) is 5.01. The van der Waals surface area contributed by atoms with Gasteiger partial charge in [0.05, 0.1) is 6.33 Å². The molecule has 1 aromatic carbocycles. The van der Waals surface area contributed by atoms with Gasteiger partial charge in [-0.1, -0.05) is 18.2 Å². The topological polar surface area (TPSA) is 34.9 Å². The van der Waals surface area contributed by atoms with Crippen LogP contribution in [0.25, 0.3) is 11.8 Å². The molecule has 3 heteroatoms. The highest BCUT2D eigenvalue weighted by atomic mass is 16.1. The van der Waals surface area contributed by atoms with E-state index in [1.165, 1.54) is 0 Å². The van der Waals surface area contributed by atoms with Gasteiger partial charge in [-0.15, -0.1) is 0 Å². The van der Waals surface area contributed by atoms with E-state index in [2.05, 4.69) is 4.98 Å². The molecule has 0 amide bonds. The number of hydrogen-bond acceptors (Lipinski definition) is 2. The van der Waals surface area contributed by atoms with Crippen molar-refractivity contribution in [2.45, 2.75) is 6.92 Å². The van der Waals surface area contributed by atoms with Gasteiger partial charge in [0.15, 0.2) is 0 Å². The van der Waals surface area contributed by atoms with Crippen molar-refractivity contribution in [2.24, 2.45) is 0 Å². The molecule has 0 saturated carbocycles. The zero-order valence-corrected chi connectivity index (χ0v) is 9.00. The third-order valence-electron chi connectivity index (χ3n) is 2.33. The molecule has 2 rings (SSSR count). The molecule has 0 spiro atoms. The number of aldehydes is 1. The predicted octanol–water partition coefficient (Wildman–Crippen LogP) is 2.71. The summed E-state index contributed by atoms with van der Waals surface area (Å²) in [6, 6.07) is 7.48. The maximum absolute atomic E-state index is 10.6. The number of carbonyl (C=O) groups excluding carboxylic acids is 1. The Bertz CT molecular complexity index is 512. The Hall–Kier alpha value is -2.16. The largest absolute Gasteiger partial charge is 0.310 e. The number of imidazole rings is 1. The maximum atomic E-state index is 10.6. The fourth-order valence-electron chi connectivity index (χ4n) is 1.51. The summed E-state index contributed by atoms with van der Waals surface area (Å²) in [6.45, 7) is 2.00. The molecule has 1 heterocycles. The number of rotatable bonds is 3. The summed E-state index contributed by atoms with van der Waals surface area (Å²) < 4.78 is 1.92. The van der Waals surface area contributed by atoms with E-state index in [0.29, 0.717) is 5.56 Å². The summed E-state index contributed by atoms with van der Waals surface area (Å²) >= 11 is 0. The second-order valence-corrected chi connectivity index (χ2v) is 3.54. The highest BCUT2D eigenvalue weighted by molar-refractivity contribution is 5.78. The summed E-state index contributed by atoms with van der Waals surface area (Å²) in [5.74, 6) is 0. The third-order valence-corrected chi connectivity index (χ3v) is 2.33. The highest BCUT2D eigenvalue weighted by Crippen LogP contribution is 2.11. The molecule has 0 saturated heterocycles. The van der Waals surface area contributed by atoms with Crippen LogP contribution in [0.4, 0.5) is 0 Å². The van der Waals surface area contributed by atoms with E-state index in [1.54, 1.807) is 18.6 Å². The van der Waals surface area contributed by atoms with Gasteiger partial charge in [0.1, 0.15) is 6.29 Å².